The quantitative estimate of drug-likeness (QED) is 0.855. The van der Waals surface area contributed by atoms with Crippen LogP contribution in [0.1, 0.15) is 44.2 Å². The maximum absolute atomic E-state index is 10.0. The van der Waals surface area contributed by atoms with Gasteiger partial charge in [0.05, 0.1) is 0 Å². The van der Waals surface area contributed by atoms with Gasteiger partial charge < -0.3 is 10.4 Å². The van der Waals surface area contributed by atoms with E-state index in [0.29, 0.717) is 11.8 Å². The van der Waals surface area contributed by atoms with Crippen LogP contribution in [0, 0.1) is 18.8 Å². The molecular weight excluding hydrogens is 222 g/mol. The van der Waals surface area contributed by atoms with Gasteiger partial charge in [0.25, 0.3) is 0 Å². The highest BCUT2D eigenvalue weighted by Gasteiger charge is 2.26. The number of phenolic OH excluding ortho intramolecular Hbond substituents is 1. The Balaban J connectivity index is 1.97. The lowest BCUT2D eigenvalue weighted by atomic mass is 9.78. The highest BCUT2D eigenvalue weighted by atomic mass is 16.3. The van der Waals surface area contributed by atoms with E-state index in [9.17, 15) is 5.11 Å². The Hall–Kier alpha value is -1.02. The fourth-order valence-corrected chi connectivity index (χ4v) is 2.97. The fourth-order valence-electron chi connectivity index (χ4n) is 2.97. The molecule has 0 bridgehead atoms. The van der Waals surface area contributed by atoms with Crippen molar-refractivity contribution in [2.45, 2.75) is 52.6 Å². The third-order valence-corrected chi connectivity index (χ3v) is 4.58. The number of aryl methyl sites for hydroxylation is 1. The second-order valence-corrected chi connectivity index (χ2v) is 5.84. The summed E-state index contributed by atoms with van der Waals surface area (Å²) >= 11 is 0. The highest BCUT2D eigenvalue weighted by molar-refractivity contribution is 5.39. The van der Waals surface area contributed by atoms with Crippen LogP contribution in [0.2, 0.25) is 0 Å². The molecule has 100 valence electrons. The molecule has 0 heterocycles. The molecule has 2 N–H and O–H groups in total. The molecule has 2 heteroatoms. The fraction of sp³-hybridized carbons (Fsp3) is 0.625. The lowest BCUT2D eigenvalue weighted by molar-refractivity contribution is 0.205. The molecule has 18 heavy (non-hydrogen) atoms. The summed E-state index contributed by atoms with van der Waals surface area (Å²) in [6.45, 7) is 7.42. The Morgan fingerprint density at radius 3 is 2.83 bits per heavy atom. The van der Waals surface area contributed by atoms with Crippen molar-refractivity contribution in [2.24, 2.45) is 11.8 Å². The number of hydrogen-bond acceptors (Lipinski definition) is 2. The first-order valence-electron chi connectivity index (χ1n) is 7.10. The van der Waals surface area contributed by atoms with Crippen LogP contribution >= 0.6 is 0 Å². The van der Waals surface area contributed by atoms with Crippen molar-refractivity contribution in [3.05, 3.63) is 29.3 Å². The molecule has 0 saturated heterocycles. The van der Waals surface area contributed by atoms with E-state index in [2.05, 4.69) is 19.2 Å². The number of phenols is 1. The molecule has 0 radical (unpaired) electrons. The molecule has 1 aliphatic carbocycles. The van der Waals surface area contributed by atoms with Gasteiger partial charge in [-0.05, 0) is 30.7 Å². The second-order valence-electron chi connectivity index (χ2n) is 5.84. The molecule has 1 aliphatic rings. The Labute approximate surface area is 110 Å². The summed E-state index contributed by atoms with van der Waals surface area (Å²) in [5.74, 6) is 1.98. The molecule has 3 unspecified atom stereocenters. The van der Waals surface area contributed by atoms with Gasteiger partial charge in [-0.2, -0.15) is 0 Å². The van der Waals surface area contributed by atoms with Crippen LogP contribution in [0.3, 0.4) is 0 Å². The van der Waals surface area contributed by atoms with Crippen molar-refractivity contribution in [1.29, 1.82) is 0 Å². The van der Waals surface area contributed by atoms with E-state index < -0.39 is 0 Å². The van der Waals surface area contributed by atoms with E-state index in [0.717, 1.165) is 29.5 Å². The molecule has 1 aromatic rings. The Morgan fingerprint density at radius 1 is 1.28 bits per heavy atom. The number of benzene rings is 1. The Bertz CT molecular complexity index is 402. The standard InChI is InChI=1S/C16H25NO/c1-11-6-5-9-15(13(11)3)17-10-14-8-4-7-12(2)16(14)18/h4,7-8,11,13,15,17-18H,5-6,9-10H2,1-3H3. The number of nitrogens with one attached hydrogen (secondary N) is 1. The third-order valence-electron chi connectivity index (χ3n) is 4.58. The van der Waals surface area contributed by atoms with Crippen LogP contribution in [0.4, 0.5) is 0 Å². The van der Waals surface area contributed by atoms with Crippen LogP contribution < -0.4 is 5.32 Å². The maximum Gasteiger partial charge on any atom is 0.122 e. The minimum atomic E-state index is 0.446. The normalized spacial score (nSPS) is 28.3. The largest absolute Gasteiger partial charge is 0.507 e. The molecule has 1 aromatic carbocycles. The van der Waals surface area contributed by atoms with Crippen LogP contribution in [0.5, 0.6) is 5.75 Å². The third kappa shape index (κ3) is 2.86. The van der Waals surface area contributed by atoms with Crippen LogP contribution in [0.15, 0.2) is 18.2 Å². The molecule has 3 atom stereocenters. The molecule has 1 saturated carbocycles. The van der Waals surface area contributed by atoms with Crippen molar-refractivity contribution < 1.29 is 5.11 Å². The van der Waals surface area contributed by atoms with Crippen molar-refractivity contribution in [3.8, 4) is 5.75 Å². The molecule has 0 aromatic heterocycles. The Morgan fingerprint density at radius 2 is 2.06 bits per heavy atom. The number of aromatic hydroxyl groups is 1. The van der Waals surface area contributed by atoms with E-state index in [1.807, 2.05) is 25.1 Å². The van der Waals surface area contributed by atoms with E-state index in [1.165, 1.54) is 19.3 Å². The second kappa shape index (κ2) is 5.75. The van der Waals surface area contributed by atoms with Gasteiger partial charge >= 0.3 is 0 Å². The highest BCUT2D eigenvalue weighted by Crippen LogP contribution is 2.30. The van der Waals surface area contributed by atoms with Gasteiger partial charge in [0, 0.05) is 18.2 Å². The van der Waals surface area contributed by atoms with Crippen molar-refractivity contribution in [1.82, 2.24) is 5.32 Å². The van der Waals surface area contributed by atoms with Gasteiger partial charge in [0.2, 0.25) is 0 Å². The van der Waals surface area contributed by atoms with Crippen LogP contribution in [-0.4, -0.2) is 11.1 Å². The number of para-hydroxylation sites is 1. The van der Waals surface area contributed by atoms with Crippen molar-refractivity contribution in [2.75, 3.05) is 0 Å². The van der Waals surface area contributed by atoms with Crippen molar-refractivity contribution >= 4 is 0 Å². The van der Waals surface area contributed by atoms with Crippen LogP contribution in [-0.2, 0) is 6.54 Å². The smallest absolute Gasteiger partial charge is 0.122 e. The van der Waals surface area contributed by atoms with E-state index in [4.69, 9.17) is 0 Å². The van der Waals surface area contributed by atoms with Gasteiger partial charge in [-0.15, -0.1) is 0 Å². The van der Waals surface area contributed by atoms with Crippen LogP contribution in [0.25, 0.3) is 0 Å². The first-order valence-corrected chi connectivity index (χ1v) is 7.10. The maximum atomic E-state index is 10.0. The van der Waals surface area contributed by atoms with Gasteiger partial charge in [0.1, 0.15) is 5.75 Å². The SMILES string of the molecule is Cc1cccc(CNC2CCCC(C)C2C)c1O. The van der Waals surface area contributed by atoms with Gasteiger partial charge in [0.15, 0.2) is 0 Å². The average Bonchev–Trinajstić information content (AvgIpc) is 2.36. The van der Waals surface area contributed by atoms with E-state index in [1.54, 1.807) is 0 Å². The zero-order valence-electron chi connectivity index (χ0n) is 11.7. The zero-order valence-corrected chi connectivity index (χ0v) is 11.7. The predicted molar refractivity (Wildman–Crippen MR) is 75.7 cm³/mol. The molecule has 0 spiro atoms. The molecule has 2 rings (SSSR count). The first kappa shape index (κ1) is 13.4. The number of rotatable bonds is 3. The molecule has 1 fully saturated rings. The summed E-state index contributed by atoms with van der Waals surface area (Å²) in [5, 5.41) is 13.6. The van der Waals surface area contributed by atoms with E-state index in [-0.39, 0.29) is 0 Å². The summed E-state index contributed by atoms with van der Waals surface area (Å²) in [6.07, 6.45) is 3.94. The Kier molecular flexibility index (Phi) is 4.28. The summed E-state index contributed by atoms with van der Waals surface area (Å²) < 4.78 is 0. The topological polar surface area (TPSA) is 32.3 Å². The molecule has 2 nitrogen and oxygen atoms in total. The summed E-state index contributed by atoms with van der Waals surface area (Å²) in [4.78, 5) is 0. The van der Waals surface area contributed by atoms with Crippen molar-refractivity contribution in [3.63, 3.8) is 0 Å². The average molecular weight is 247 g/mol. The predicted octanol–water partition coefficient (Wildman–Crippen LogP) is 3.61. The lowest BCUT2D eigenvalue weighted by Crippen LogP contribution is -2.40. The molecular formula is C16H25NO. The van der Waals surface area contributed by atoms with Gasteiger partial charge in [-0.25, -0.2) is 0 Å². The van der Waals surface area contributed by atoms with Gasteiger partial charge in [-0.1, -0.05) is 44.9 Å². The molecule has 0 aliphatic heterocycles. The van der Waals surface area contributed by atoms with Gasteiger partial charge in [-0.3, -0.25) is 0 Å². The summed E-state index contributed by atoms with van der Waals surface area (Å²) in [7, 11) is 0. The first-order chi connectivity index (χ1) is 8.59. The number of hydrogen-bond donors (Lipinski definition) is 2. The lowest BCUT2D eigenvalue weighted by Gasteiger charge is -2.34. The molecule has 0 amide bonds. The summed E-state index contributed by atoms with van der Waals surface area (Å²) in [6, 6.07) is 6.56. The monoisotopic (exact) mass is 247 g/mol. The minimum Gasteiger partial charge on any atom is -0.507 e. The van der Waals surface area contributed by atoms with E-state index >= 15 is 0 Å². The zero-order chi connectivity index (χ0) is 13.1. The minimum absolute atomic E-state index is 0.446. The summed E-state index contributed by atoms with van der Waals surface area (Å²) in [5.41, 5.74) is 1.97.